The molecule has 0 unspecified atom stereocenters. The molecule has 0 N–H and O–H groups in total. The van der Waals surface area contributed by atoms with Gasteiger partial charge in [-0.05, 0) is 96.0 Å². The van der Waals surface area contributed by atoms with Crippen molar-refractivity contribution in [1.29, 1.82) is 0 Å². The van der Waals surface area contributed by atoms with Gasteiger partial charge in [0.1, 0.15) is 22.7 Å². The summed E-state index contributed by atoms with van der Waals surface area (Å²) in [4.78, 5) is 10.1. The molecule has 0 saturated carbocycles. The van der Waals surface area contributed by atoms with E-state index < -0.39 is 17.5 Å². The summed E-state index contributed by atoms with van der Waals surface area (Å²) in [7, 11) is 0. The van der Waals surface area contributed by atoms with Gasteiger partial charge in [-0.15, -0.1) is 28.8 Å². The van der Waals surface area contributed by atoms with E-state index in [4.69, 9.17) is 19.5 Å². The second-order valence-electron chi connectivity index (χ2n) is 17.7. The maximum absolute atomic E-state index is 9.42. The number of aryl methyl sites for hydroxylation is 2. The van der Waals surface area contributed by atoms with Crippen molar-refractivity contribution in [2.45, 2.75) is 117 Å². The summed E-state index contributed by atoms with van der Waals surface area (Å²) in [6.45, 7) is 25.7. The minimum absolute atomic E-state index is 0. The van der Waals surface area contributed by atoms with Crippen molar-refractivity contribution in [3.63, 3.8) is 0 Å². The Hall–Kier alpha value is -4.21. The first-order valence-electron chi connectivity index (χ1n) is 19.9. The van der Waals surface area contributed by atoms with Gasteiger partial charge in [-0.25, -0.2) is 4.98 Å². The molecule has 6 aromatic rings. The minimum atomic E-state index is -1.77. The molecule has 2 aliphatic heterocycles. The van der Waals surface area contributed by atoms with E-state index >= 15 is 0 Å². The van der Waals surface area contributed by atoms with Crippen LogP contribution in [0.3, 0.4) is 0 Å². The third-order valence-corrected chi connectivity index (χ3v) is 12.4. The standard InChI is InChI=1S/C48H49N3O2.Pt/c1-26(2)30-19-31(44-50-48(12)37-16-15-27(3)29(5)36(37)25-47(48,11)53-44)21-33(20-30)52-41-24-40-38(18-28(41)4)46(9,10)39-23-32(45(6,7)8)22-35-34-14-13-17-49-43(34)51(40)42(35)39;/h13-20,22-23,26H,25H2,1-12H3;/q-2;+2/t47-,48+;/m0./s1/i25D2;. The largest absolute Gasteiger partial charge is 2.00 e. The molecule has 0 saturated heterocycles. The van der Waals surface area contributed by atoms with Crippen molar-refractivity contribution in [3.8, 4) is 17.2 Å². The molecule has 4 aromatic carbocycles. The number of aromatic nitrogens is 2. The van der Waals surface area contributed by atoms with Crippen LogP contribution in [0.15, 0.2) is 65.8 Å². The molecule has 9 rings (SSSR count). The molecule has 0 bridgehead atoms. The Bertz CT molecular complexity index is 2700. The molecule has 2 atom stereocenters. The summed E-state index contributed by atoms with van der Waals surface area (Å²) < 4.78 is 34.6. The second-order valence-corrected chi connectivity index (χ2v) is 17.7. The van der Waals surface area contributed by atoms with Crippen molar-refractivity contribution < 1.29 is 33.3 Å². The zero-order chi connectivity index (χ0) is 39.4. The molecule has 2 aromatic heterocycles. The zero-order valence-electron chi connectivity index (χ0n) is 35.3. The van der Waals surface area contributed by atoms with Gasteiger partial charge in [-0.3, -0.25) is 4.99 Å². The van der Waals surface area contributed by atoms with Crippen LogP contribution in [0.5, 0.6) is 11.5 Å². The van der Waals surface area contributed by atoms with Crippen LogP contribution in [0, 0.1) is 32.9 Å². The minimum Gasteiger partial charge on any atom is -0.511 e. The summed E-state index contributed by atoms with van der Waals surface area (Å²) >= 11 is 0. The molecule has 278 valence electrons. The fraction of sp³-hybridized carbons (Fsp3) is 0.375. The zero-order valence-corrected chi connectivity index (χ0v) is 35.6. The normalized spacial score (nSPS) is 22.2. The van der Waals surface area contributed by atoms with Crippen LogP contribution in [0.2, 0.25) is 0 Å². The average molecular weight is 897 g/mol. The summed E-state index contributed by atoms with van der Waals surface area (Å²) in [5.41, 5.74) is 10.5. The third-order valence-electron chi connectivity index (χ3n) is 12.4. The number of hydrogen-bond donors (Lipinski definition) is 0. The molecule has 54 heavy (non-hydrogen) atoms. The first-order chi connectivity index (χ1) is 25.7. The average Bonchev–Trinajstić information content (AvgIpc) is 3.64. The molecule has 4 heterocycles. The SMILES string of the molecule is [2H]C1([2H])c2c(ccc(C)c2C)[C@@]2(C)N=C(c3[c-]c(Oc4[c-]c5c(cc4C)C(C)(C)c4cc(C(C)(C)C)cc6c7cccnc7n-5c46)cc(C(C)C)c3)O[C@@]12C.[Pt+2]. The van der Waals surface area contributed by atoms with E-state index in [1.165, 1.54) is 22.1 Å². The molecule has 3 aliphatic rings. The Kier molecular flexibility index (Phi) is 7.55. The van der Waals surface area contributed by atoms with Gasteiger partial charge in [0.15, 0.2) is 0 Å². The molecule has 1 aliphatic carbocycles. The van der Waals surface area contributed by atoms with E-state index in [9.17, 15) is 2.74 Å². The topological polar surface area (TPSA) is 48.6 Å². The van der Waals surface area contributed by atoms with E-state index in [2.05, 4.69) is 102 Å². The number of pyridine rings is 1. The van der Waals surface area contributed by atoms with Crippen LogP contribution >= 0.6 is 0 Å². The first kappa shape index (κ1) is 34.3. The molecule has 0 fully saturated rings. The molecule has 0 spiro atoms. The van der Waals surface area contributed by atoms with E-state index in [0.717, 1.165) is 50.1 Å². The van der Waals surface area contributed by atoms with Crippen molar-refractivity contribution in [2.24, 2.45) is 4.99 Å². The van der Waals surface area contributed by atoms with Crippen LogP contribution in [0.25, 0.3) is 27.6 Å². The van der Waals surface area contributed by atoms with Crippen molar-refractivity contribution in [3.05, 3.63) is 129 Å². The first-order valence-corrected chi connectivity index (χ1v) is 18.9. The van der Waals surface area contributed by atoms with Gasteiger partial charge in [-0.1, -0.05) is 97.0 Å². The fourth-order valence-electron chi connectivity index (χ4n) is 8.63. The quantitative estimate of drug-likeness (QED) is 0.166. The Morgan fingerprint density at radius 1 is 0.907 bits per heavy atom. The van der Waals surface area contributed by atoms with Gasteiger partial charge in [0.25, 0.3) is 0 Å². The van der Waals surface area contributed by atoms with Gasteiger partial charge in [-0.2, -0.15) is 6.07 Å². The fourth-order valence-corrected chi connectivity index (χ4v) is 8.63. The third kappa shape index (κ3) is 5.06. The number of nitrogens with zero attached hydrogens (tertiary/aromatic N) is 3. The Labute approximate surface area is 337 Å². The predicted molar refractivity (Wildman–Crippen MR) is 215 cm³/mol. The van der Waals surface area contributed by atoms with E-state index in [-0.39, 0.29) is 37.8 Å². The van der Waals surface area contributed by atoms with Gasteiger partial charge in [0.2, 0.25) is 0 Å². The van der Waals surface area contributed by atoms with Gasteiger partial charge >= 0.3 is 21.1 Å². The molecule has 0 radical (unpaired) electrons. The number of aliphatic imine (C=N–C) groups is 1. The Morgan fingerprint density at radius 3 is 2.39 bits per heavy atom. The van der Waals surface area contributed by atoms with Gasteiger partial charge < -0.3 is 14.0 Å². The van der Waals surface area contributed by atoms with Gasteiger partial charge in [0, 0.05) is 37.6 Å². The van der Waals surface area contributed by atoms with Crippen molar-refractivity contribution >= 4 is 27.8 Å². The Balaban J connectivity index is 0.00000441. The smallest absolute Gasteiger partial charge is 0.511 e. The predicted octanol–water partition coefficient (Wildman–Crippen LogP) is 11.6. The summed E-state index contributed by atoms with van der Waals surface area (Å²) in [6, 6.07) is 26.6. The summed E-state index contributed by atoms with van der Waals surface area (Å²) in [5.74, 6) is 1.69. The van der Waals surface area contributed by atoms with E-state index in [1.54, 1.807) is 0 Å². The second kappa shape index (κ2) is 11.9. The number of hydrogen-bond acceptors (Lipinski definition) is 4. The molecular weight excluding hydrogens is 846 g/mol. The molecule has 0 amide bonds. The summed E-state index contributed by atoms with van der Waals surface area (Å²) in [5, 5.41) is 2.32. The molecule has 6 heteroatoms. The number of rotatable bonds is 4. The number of ether oxygens (including phenoxy) is 2. The number of benzene rings is 4. The van der Waals surface area contributed by atoms with Crippen LogP contribution in [0.1, 0.15) is 127 Å². The van der Waals surface area contributed by atoms with Crippen LogP contribution in [-0.4, -0.2) is 21.0 Å². The van der Waals surface area contributed by atoms with Crippen molar-refractivity contribution in [2.75, 3.05) is 0 Å². The number of fused-ring (bicyclic) bond motifs is 8. The van der Waals surface area contributed by atoms with Crippen LogP contribution < -0.4 is 4.74 Å². The molecular formula is C48H49N3O2Pt. The van der Waals surface area contributed by atoms with Gasteiger partial charge in [0.05, 0.1) is 5.52 Å². The molecule has 5 nitrogen and oxygen atoms in total. The Morgan fingerprint density at radius 2 is 1.67 bits per heavy atom. The monoisotopic (exact) mass is 896 g/mol. The van der Waals surface area contributed by atoms with Crippen LogP contribution in [0.4, 0.5) is 0 Å². The maximum Gasteiger partial charge on any atom is 2.00 e. The van der Waals surface area contributed by atoms with Crippen LogP contribution in [-0.2, 0) is 48.5 Å². The van der Waals surface area contributed by atoms with E-state index in [0.29, 0.717) is 28.5 Å². The van der Waals surface area contributed by atoms with E-state index in [1.807, 2.05) is 58.2 Å². The van der Waals surface area contributed by atoms with Crippen molar-refractivity contribution in [1.82, 2.24) is 9.55 Å². The maximum atomic E-state index is 9.42. The summed E-state index contributed by atoms with van der Waals surface area (Å²) in [6.07, 6.45) is 0.0926.